The van der Waals surface area contributed by atoms with Crippen LogP contribution < -0.4 is 5.32 Å². The summed E-state index contributed by atoms with van der Waals surface area (Å²) in [5, 5.41) is 3.65. The van der Waals surface area contributed by atoms with Gasteiger partial charge in [-0.25, -0.2) is 0 Å². The fourth-order valence-electron chi connectivity index (χ4n) is 2.80. The molecule has 0 aromatic carbocycles. The number of likely N-dealkylation sites (tertiary alicyclic amines) is 1. The summed E-state index contributed by atoms with van der Waals surface area (Å²) in [6, 6.07) is 3.25. The Hall–Kier alpha value is -0.710. The number of nitrogens with zero attached hydrogens (tertiary/aromatic N) is 1. The first-order chi connectivity index (χ1) is 8.24. The average Bonchev–Trinajstić information content (AvgIpc) is 2.95. The van der Waals surface area contributed by atoms with Crippen LogP contribution in [0.1, 0.15) is 17.0 Å². The largest absolute Gasteiger partial charge is 0.440 e. The van der Waals surface area contributed by atoms with E-state index in [1.54, 1.807) is 12.1 Å². The van der Waals surface area contributed by atoms with Crippen LogP contribution in [0, 0.1) is 11.8 Å². The fraction of sp³-hybridized carbons (Fsp3) is 0.583. The topological polar surface area (TPSA) is 45.5 Å². The smallest absolute Gasteiger partial charge is 0.289 e. The molecule has 3 rings (SSSR count). The van der Waals surface area contributed by atoms with Crippen molar-refractivity contribution in [3.05, 3.63) is 23.1 Å². The van der Waals surface area contributed by atoms with E-state index in [-0.39, 0.29) is 23.5 Å². The molecule has 18 heavy (non-hydrogen) atoms. The van der Waals surface area contributed by atoms with Gasteiger partial charge in [0.1, 0.15) is 0 Å². The predicted molar refractivity (Wildman–Crippen MR) is 71.3 cm³/mol. The summed E-state index contributed by atoms with van der Waals surface area (Å²) in [7, 11) is 0. The van der Waals surface area contributed by atoms with Crippen LogP contribution in [0.2, 0.25) is 5.22 Å². The van der Waals surface area contributed by atoms with Crippen molar-refractivity contribution in [2.45, 2.75) is 6.42 Å². The average molecular weight is 291 g/mol. The summed E-state index contributed by atoms with van der Waals surface area (Å²) in [5.41, 5.74) is 0. The van der Waals surface area contributed by atoms with Gasteiger partial charge >= 0.3 is 0 Å². The molecule has 1 N–H and O–H groups in total. The molecule has 1 aromatic rings. The Morgan fingerprint density at radius 2 is 2.17 bits per heavy atom. The number of carbonyl (C=O) groups excluding carboxylic acids is 1. The maximum Gasteiger partial charge on any atom is 0.289 e. The summed E-state index contributed by atoms with van der Waals surface area (Å²) >= 11 is 5.69. The van der Waals surface area contributed by atoms with Crippen LogP contribution in [0.15, 0.2) is 16.5 Å². The lowest BCUT2D eigenvalue weighted by Gasteiger charge is -2.33. The molecule has 1 aromatic heterocycles. The van der Waals surface area contributed by atoms with Crippen LogP contribution >= 0.6 is 24.0 Å². The minimum Gasteiger partial charge on any atom is -0.440 e. The highest BCUT2D eigenvalue weighted by molar-refractivity contribution is 6.29. The number of rotatable bonds is 1. The van der Waals surface area contributed by atoms with E-state index in [0.717, 1.165) is 38.5 Å². The van der Waals surface area contributed by atoms with Crippen LogP contribution in [0.25, 0.3) is 0 Å². The van der Waals surface area contributed by atoms with Gasteiger partial charge in [0, 0.05) is 13.1 Å². The molecule has 0 bridgehead atoms. The van der Waals surface area contributed by atoms with Crippen LogP contribution in [0.4, 0.5) is 0 Å². The molecule has 4 nitrogen and oxygen atoms in total. The van der Waals surface area contributed by atoms with Crippen LogP contribution in [-0.2, 0) is 0 Å². The minimum absolute atomic E-state index is 0. The molecule has 100 valence electrons. The number of fused-ring (bicyclic) bond motifs is 1. The summed E-state index contributed by atoms with van der Waals surface area (Å²) in [6.45, 7) is 3.77. The Balaban J connectivity index is 0.00000120. The van der Waals surface area contributed by atoms with E-state index in [0.29, 0.717) is 11.7 Å². The zero-order chi connectivity index (χ0) is 11.8. The van der Waals surface area contributed by atoms with Gasteiger partial charge in [0.15, 0.2) is 11.0 Å². The Morgan fingerprint density at radius 3 is 2.89 bits per heavy atom. The normalized spacial score (nSPS) is 26.6. The highest BCUT2D eigenvalue weighted by atomic mass is 35.5. The van der Waals surface area contributed by atoms with Crippen molar-refractivity contribution in [3.63, 3.8) is 0 Å². The number of furan rings is 1. The van der Waals surface area contributed by atoms with E-state index in [2.05, 4.69) is 5.32 Å². The Kier molecular flexibility index (Phi) is 4.20. The van der Waals surface area contributed by atoms with Gasteiger partial charge in [-0.15, -0.1) is 12.4 Å². The Bertz CT molecular complexity index is 435. The summed E-state index contributed by atoms with van der Waals surface area (Å²) in [5.74, 6) is 1.64. The number of amides is 1. The molecule has 0 radical (unpaired) electrons. The van der Waals surface area contributed by atoms with Crippen molar-refractivity contribution in [2.24, 2.45) is 11.8 Å². The molecule has 2 aliphatic rings. The monoisotopic (exact) mass is 290 g/mol. The number of halogens is 2. The fourth-order valence-corrected chi connectivity index (χ4v) is 2.95. The third-order valence-corrected chi connectivity index (χ3v) is 3.98. The first-order valence-electron chi connectivity index (χ1n) is 5.99. The van der Waals surface area contributed by atoms with Gasteiger partial charge in [-0.2, -0.15) is 0 Å². The highest BCUT2D eigenvalue weighted by Crippen LogP contribution is 2.27. The molecule has 2 atom stereocenters. The Morgan fingerprint density at radius 1 is 1.39 bits per heavy atom. The van der Waals surface area contributed by atoms with E-state index >= 15 is 0 Å². The summed E-state index contributed by atoms with van der Waals surface area (Å²) in [6.07, 6.45) is 1.08. The third-order valence-electron chi connectivity index (χ3n) is 3.78. The molecule has 0 aliphatic carbocycles. The lowest BCUT2D eigenvalue weighted by molar-refractivity contribution is 0.0611. The molecule has 2 saturated heterocycles. The summed E-state index contributed by atoms with van der Waals surface area (Å²) in [4.78, 5) is 14.0. The van der Waals surface area contributed by atoms with E-state index in [1.807, 2.05) is 4.90 Å². The van der Waals surface area contributed by atoms with Crippen molar-refractivity contribution in [3.8, 4) is 0 Å². The van der Waals surface area contributed by atoms with Gasteiger partial charge in [0.25, 0.3) is 5.91 Å². The third kappa shape index (κ3) is 2.51. The van der Waals surface area contributed by atoms with E-state index in [4.69, 9.17) is 16.0 Å². The van der Waals surface area contributed by atoms with Gasteiger partial charge in [-0.05, 0) is 55.1 Å². The van der Waals surface area contributed by atoms with E-state index < -0.39 is 0 Å². The number of carbonyl (C=O) groups is 1. The van der Waals surface area contributed by atoms with Gasteiger partial charge in [-0.3, -0.25) is 4.79 Å². The maximum atomic E-state index is 12.2. The standard InChI is InChI=1S/C12H15ClN2O2.ClH/c13-11-2-1-10(17-11)12(16)15-4-3-8-5-14-6-9(8)7-15;/h1-2,8-9,14H,3-7H2;1H. The van der Waals surface area contributed by atoms with Crippen LogP contribution in [-0.4, -0.2) is 37.0 Å². The number of nitrogens with one attached hydrogen (secondary N) is 1. The molecule has 3 heterocycles. The molecule has 0 saturated carbocycles. The predicted octanol–water partition coefficient (Wildman–Crippen LogP) is 2.04. The highest BCUT2D eigenvalue weighted by Gasteiger charge is 2.35. The lowest BCUT2D eigenvalue weighted by atomic mass is 9.88. The van der Waals surface area contributed by atoms with Crippen molar-refractivity contribution >= 4 is 29.9 Å². The SMILES string of the molecule is Cl.O=C(c1ccc(Cl)o1)N1CCC2CNCC2C1. The molecule has 6 heteroatoms. The zero-order valence-corrected chi connectivity index (χ0v) is 11.5. The van der Waals surface area contributed by atoms with Crippen LogP contribution in [0.3, 0.4) is 0 Å². The van der Waals surface area contributed by atoms with E-state index in [9.17, 15) is 4.79 Å². The quantitative estimate of drug-likeness (QED) is 0.861. The number of piperidine rings is 1. The molecular formula is C12H16Cl2N2O2. The van der Waals surface area contributed by atoms with Crippen LogP contribution in [0.5, 0.6) is 0 Å². The minimum atomic E-state index is -0.0396. The van der Waals surface area contributed by atoms with Crippen molar-refractivity contribution in [1.29, 1.82) is 0 Å². The lowest BCUT2D eigenvalue weighted by Crippen LogP contribution is -2.43. The van der Waals surface area contributed by atoms with Gasteiger partial charge in [0.2, 0.25) is 0 Å². The summed E-state index contributed by atoms with van der Waals surface area (Å²) < 4.78 is 5.17. The number of hydrogen-bond acceptors (Lipinski definition) is 3. The second-order valence-electron chi connectivity index (χ2n) is 4.82. The first kappa shape index (κ1) is 13.7. The molecule has 1 amide bonds. The number of hydrogen-bond donors (Lipinski definition) is 1. The van der Waals surface area contributed by atoms with Gasteiger partial charge in [0.05, 0.1) is 0 Å². The van der Waals surface area contributed by atoms with Crippen molar-refractivity contribution in [2.75, 3.05) is 26.2 Å². The first-order valence-corrected chi connectivity index (χ1v) is 6.37. The molecule has 2 fully saturated rings. The maximum absolute atomic E-state index is 12.2. The zero-order valence-electron chi connectivity index (χ0n) is 9.89. The molecule has 2 aliphatic heterocycles. The molecule has 0 spiro atoms. The Labute approximate surface area is 117 Å². The second kappa shape index (κ2) is 5.51. The van der Waals surface area contributed by atoms with Gasteiger partial charge < -0.3 is 14.6 Å². The molecular weight excluding hydrogens is 275 g/mol. The second-order valence-corrected chi connectivity index (χ2v) is 5.19. The van der Waals surface area contributed by atoms with Crippen molar-refractivity contribution < 1.29 is 9.21 Å². The molecule has 2 unspecified atom stereocenters. The van der Waals surface area contributed by atoms with Crippen molar-refractivity contribution in [1.82, 2.24) is 10.2 Å². The van der Waals surface area contributed by atoms with E-state index in [1.165, 1.54) is 0 Å². The van der Waals surface area contributed by atoms with Gasteiger partial charge in [-0.1, -0.05) is 0 Å².